The van der Waals surface area contributed by atoms with Gasteiger partial charge in [0.05, 0.1) is 6.61 Å². The highest BCUT2D eigenvalue weighted by Crippen LogP contribution is 1.98. The van der Waals surface area contributed by atoms with E-state index in [2.05, 4.69) is 9.36 Å². The van der Waals surface area contributed by atoms with E-state index in [9.17, 15) is 5.11 Å². The van der Waals surface area contributed by atoms with Gasteiger partial charge in [0.25, 0.3) is 0 Å². The zero-order chi connectivity index (χ0) is 5.82. The third-order valence-electron chi connectivity index (χ3n) is 0.723. The summed E-state index contributed by atoms with van der Waals surface area (Å²) in [6.07, 6.45) is 1.99. The topological polar surface area (TPSA) is 45.7 Å². The molecule has 1 rings (SSSR count). The van der Waals surface area contributed by atoms with Crippen molar-refractivity contribution in [3.8, 4) is 0 Å². The third kappa shape index (κ3) is 1.24. The molecule has 1 heterocycles. The highest BCUT2D eigenvalue weighted by Gasteiger charge is 1.92. The summed E-state index contributed by atoms with van der Waals surface area (Å²) in [5, 5.41) is 10.8. The van der Waals surface area contributed by atoms with Gasteiger partial charge in [-0.05, 0) is 11.5 Å². The highest BCUT2D eigenvalue weighted by atomic mass is 32.1. The smallest absolute Gasteiger partial charge is 0.129 e. The lowest BCUT2D eigenvalue weighted by molar-refractivity contribution is 0.197. The fraction of sp³-hybridized carbons (Fsp3) is 0.500. The molecule has 0 aliphatic heterocycles. The number of nitrogens with zero attached hydrogens (tertiary/aromatic N) is 2. The van der Waals surface area contributed by atoms with Crippen molar-refractivity contribution in [3.63, 3.8) is 0 Å². The molecule has 3 nitrogen and oxygen atoms in total. The van der Waals surface area contributed by atoms with Crippen LogP contribution in [0.1, 0.15) is 5.01 Å². The van der Waals surface area contributed by atoms with E-state index in [1.807, 2.05) is 0 Å². The summed E-state index contributed by atoms with van der Waals surface area (Å²) in [5.74, 6) is 0. The summed E-state index contributed by atoms with van der Waals surface area (Å²) in [6, 6.07) is 0. The minimum absolute atomic E-state index is 0.0881. The average molecular weight is 129 g/mol. The second-order valence-electron chi connectivity index (χ2n) is 1.29. The third-order valence-corrected chi connectivity index (χ3v) is 1.44. The van der Waals surface area contributed by atoms with Gasteiger partial charge in [0.1, 0.15) is 11.3 Å². The Hall–Kier alpha value is -0.480. The Bertz CT molecular complexity index is 140. The maximum atomic E-state index is 9.94. The first-order valence-corrected chi connectivity index (χ1v) is 3.04. The van der Waals surface area contributed by atoms with Crippen molar-refractivity contribution in [2.45, 2.75) is 6.42 Å². The van der Waals surface area contributed by atoms with Crippen molar-refractivity contribution in [2.75, 3.05) is 6.61 Å². The first-order valence-electron chi connectivity index (χ1n) is 2.27. The van der Waals surface area contributed by atoms with E-state index in [4.69, 9.17) is 0 Å². The summed E-state index contributed by atoms with van der Waals surface area (Å²) < 4.78 is 3.73. The second-order valence-corrected chi connectivity index (χ2v) is 2.15. The molecule has 0 N–H and O–H groups in total. The van der Waals surface area contributed by atoms with Crippen LogP contribution in [-0.2, 0) is 11.5 Å². The monoisotopic (exact) mass is 129 g/mol. The first-order chi connectivity index (χ1) is 3.93. The summed E-state index contributed by atoms with van der Waals surface area (Å²) in [5.41, 5.74) is 0. The van der Waals surface area contributed by atoms with E-state index in [1.54, 1.807) is 0 Å². The Kier molecular flexibility index (Phi) is 1.93. The van der Waals surface area contributed by atoms with Crippen molar-refractivity contribution in [1.82, 2.24) is 9.36 Å². The molecule has 0 spiro atoms. The van der Waals surface area contributed by atoms with Crippen molar-refractivity contribution >= 4 is 11.5 Å². The van der Waals surface area contributed by atoms with Gasteiger partial charge in [-0.3, -0.25) is 0 Å². The predicted octanol–water partition coefficient (Wildman–Crippen LogP) is 0.511. The zero-order valence-corrected chi connectivity index (χ0v) is 5.02. The van der Waals surface area contributed by atoms with Gasteiger partial charge < -0.3 is 0 Å². The van der Waals surface area contributed by atoms with Crippen LogP contribution in [0.5, 0.6) is 0 Å². The minimum Gasteiger partial charge on any atom is -0.236 e. The van der Waals surface area contributed by atoms with Crippen LogP contribution in [0, 0.1) is 0 Å². The van der Waals surface area contributed by atoms with Crippen LogP contribution in [0.2, 0.25) is 0 Å². The molecule has 0 unspecified atom stereocenters. The first kappa shape index (κ1) is 5.65. The molecule has 0 aliphatic carbocycles. The van der Waals surface area contributed by atoms with Gasteiger partial charge in [0.2, 0.25) is 0 Å². The predicted molar refractivity (Wildman–Crippen MR) is 29.2 cm³/mol. The van der Waals surface area contributed by atoms with Gasteiger partial charge >= 0.3 is 0 Å². The summed E-state index contributed by atoms with van der Waals surface area (Å²) >= 11 is 1.29. The Labute approximate surface area is 51.2 Å². The Morgan fingerprint density at radius 2 is 2.62 bits per heavy atom. The maximum Gasteiger partial charge on any atom is 0.129 e. The van der Waals surface area contributed by atoms with Crippen molar-refractivity contribution < 1.29 is 5.11 Å². The normalized spacial score (nSPS) is 9.62. The molecule has 8 heavy (non-hydrogen) atoms. The molecule has 0 saturated carbocycles. The minimum atomic E-state index is -0.0881. The standard InChI is InChI=1S/C4H5N2OS/c7-2-1-4-5-3-6-8-4/h3H,1-2H2. The lowest BCUT2D eigenvalue weighted by atomic mass is 10.5. The van der Waals surface area contributed by atoms with Crippen LogP contribution in [0.25, 0.3) is 0 Å². The van der Waals surface area contributed by atoms with Crippen LogP contribution in [-0.4, -0.2) is 16.0 Å². The van der Waals surface area contributed by atoms with Gasteiger partial charge in [-0.1, -0.05) is 0 Å². The molecule has 4 heteroatoms. The van der Waals surface area contributed by atoms with Crippen molar-refractivity contribution in [2.24, 2.45) is 0 Å². The number of rotatable bonds is 2. The molecule has 0 aliphatic rings. The second kappa shape index (κ2) is 2.74. The Balaban J connectivity index is 2.50. The van der Waals surface area contributed by atoms with Crippen LogP contribution in [0.4, 0.5) is 0 Å². The fourth-order valence-corrected chi connectivity index (χ4v) is 0.878. The van der Waals surface area contributed by atoms with Crippen LogP contribution in [0.3, 0.4) is 0 Å². The van der Waals surface area contributed by atoms with Gasteiger partial charge in [-0.25, -0.2) is 10.1 Å². The number of aromatic nitrogens is 2. The largest absolute Gasteiger partial charge is 0.236 e. The summed E-state index contributed by atoms with van der Waals surface area (Å²) in [4.78, 5) is 3.81. The van der Waals surface area contributed by atoms with Crippen LogP contribution >= 0.6 is 11.5 Å². The van der Waals surface area contributed by atoms with E-state index >= 15 is 0 Å². The number of hydrogen-bond acceptors (Lipinski definition) is 3. The Morgan fingerprint density at radius 3 is 3.12 bits per heavy atom. The molecule has 0 saturated heterocycles. The van der Waals surface area contributed by atoms with Crippen molar-refractivity contribution in [1.29, 1.82) is 0 Å². The van der Waals surface area contributed by atoms with Gasteiger partial charge in [-0.15, -0.1) is 0 Å². The average Bonchev–Trinajstić information content (AvgIpc) is 2.19. The van der Waals surface area contributed by atoms with Crippen LogP contribution < -0.4 is 0 Å². The number of hydrogen-bond donors (Lipinski definition) is 0. The molecule has 1 aromatic heterocycles. The van der Waals surface area contributed by atoms with E-state index in [-0.39, 0.29) is 6.61 Å². The molecular weight excluding hydrogens is 124 g/mol. The van der Waals surface area contributed by atoms with Crippen LogP contribution in [0.15, 0.2) is 6.33 Å². The highest BCUT2D eigenvalue weighted by molar-refractivity contribution is 7.05. The maximum absolute atomic E-state index is 9.94. The molecule has 1 aromatic rings. The molecule has 0 fully saturated rings. The van der Waals surface area contributed by atoms with Gasteiger partial charge in [0.15, 0.2) is 0 Å². The molecule has 0 aromatic carbocycles. The van der Waals surface area contributed by atoms with Gasteiger partial charge in [-0.2, -0.15) is 4.37 Å². The molecule has 0 bridgehead atoms. The lowest BCUT2D eigenvalue weighted by Crippen LogP contribution is -1.85. The molecule has 0 amide bonds. The van der Waals surface area contributed by atoms with E-state index in [1.165, 1.54) is 17.9 Å². The zero-order valence-electron chi connectivity index (χ0n) is 4.20. The molecule has 43 valence electrons. The summed E-state index contributed by atoms with van der Waals surface area (Å²) in [7, 11) is 0. The van der Waals surface area contributed by atoms with E-state index < -0.39 is 0 Å². The molecular formula is C4H5N2OS. The van der Waals surface area contributed by atoms with Gasteiger partial charge in [0, 0.05) is 6.42 Å². The Morgan fingerprint density at radius 1 is 1.75 bits per heavy atom. The lowest BCUT2D eigenvalue weighted by Gasteiger charge is -1.80. The molecule has 1 radical (unpaired) electrons. The van der Waals surface area contributed by atoms with Crippen molar-refractivity contribution in [3.05, 3.63) is 11.3 Å². The van der Waals surface area contributed by atoms with E-state index in [0.29, 0.717) is 6.42 Å². The molecule has 0 atom stereocenters. The van der Waals surface area contributed by atoms with E-state index in [0.717, 1.165) is 5.01 Å². The quantitative estimate of drug-likeness (QED) is 0.584. The fourth-order valence-electron chi connectivity index (χ4n) is 0.393. The SMILES string of the molecule is [O]CCc1ncns1. The summed E-state index contributed by atoms with van der Waals surface area (Å²) in [6.45, 7) is -0.0881.